The van der Waals surface area contributed by atoms with Crippen LogP contribution in [0.4, 0.5) is 11.4 Å². The Hall–Kier alpha value is -2.77. The average Bonchev–Trinajstić information content (AvgIpc) is 2.96. The summed E-state index contributed by atoms with van der Waals surface area (Å²) in [7, 11) is 1.63. The molecule has 0 radical (unpaired) electrons. The molecule has 2 aromatic rings. The van der Waals surface area contributed by atoms with E-state index >= 15 is 0 Å². The number of amides is 2. The smallest absolute Gasteiger partial charge is 0.283 e. The van der Waals surface area contributed by atoms with Gasteiger partial charge in [0.25, 0.3) is 11.8 Å². The number of benzene rings is 1. The largest absolute Gasteiger partial charge is 0.497 e. The number of anilines is 2. The first-order valence-electron chi connectivity index (χ1n) is 9.03. The molecule has 1 saturated heterocycles. The van der Waals surface area contributed by atoms with Crippen LogP contribution in [-0.2, 0) is 9.59 Å². The van der Waals surface area contributed by atoms with E-state index in [9.17, 15) is 9.59 Å². The van der Waals surface area contributed by atoms with E-state index in [1.165, 1.54) is 12.3 Å². The Kier molecular flexibility index (Phi) is 5.34. The van der Waals surface area contributed by atoms with E-state index in [-0.39, 0.29) is 15.9 Å². The summed E-state index contributed by atoms with van der Waals surface area (Å²) in [6.45, 7) is 2.54. The fraction of sp³-hybridized carbons (Fsp3) is 0.250. The second kappa shape index (κ2) is 7.93. The molecule has 0 aliphatic carbocycles. The Morgan fingerprint density at radius 2 is 1.55 bits per heavy atom. The average molecular weight is 433 g/mol. The minimum atomic E-state index is -0.550. The van der Waals surface area contributed by atoms with E-state index in [4.69, 9.17) is 27.9 Å². The Morgan fingerprint density at radius 3 is 2.17 bits per heavy atom. The Labute approximate surface area is 178 Å². The van der Waals surface area contributed by atoms with Crippen molar-refractivity contribution in [1.82, 2.24) is 9.88 Å². The molecule has 2 aliphatic heterocycles. The number of pyridine rings is 1. The van der Waals surface area contributed by atoms with Gasteiger partial charge in [-0.15, -0.1) is 0 Å². The lowest BCUT2D eigenvalue weighted by Crippen LogP contribution is -2.47. The molecule has 0 atom stereocenters. The summed E-state index contributed by atoms with van der Waals surface area (Å²) < 4.78 is 5.19. The second-order valence-corrected chi connectivity index (χ2v) is 7.38. The maximum Gasteiger partial charge on any atom is 0.283 e. The molecule has 0 bridgehead atoms. The summed E-state index contributed by atoms with van der Waals surface area (Å²) in [6, 6.07) is 10.8. The van der Waals surface area contributed by atoms with Gasteiger partial charge in [0.05, 0.1) is 12.8 Å². The summed E-state index contributed by atoms with van der Waals surface area (Å²) in [5, 5.41) is 0.126. The molecule has 7 nitrogen and oxygen atoms in total. The molecule has 0 spiro atoms. The van der Waals surface area contributed by atoms with Crippen LogP contribution in [0.1, 0.15) is 0 Å². The van der Waals surface area contributed by atoms with Gasteiger partial charge in [-0.2, -0.15) is 0 Å². The normalized spacial score (nSPS) is 17.4. The first-order chi connectivity index (χ1) is 14.0. The summed E-state index contributed by atoms with van der Waals surface area (Å²) >= 11 is 12.2. The van der Waals surface area contributed by atoms with Crippen molar-refractivity contribution in [3.05, 3.63) is 58.5 Å². The number of halogens is 2. The zero-order valence-electron chi connectivity index (χ0n) is 15.6. The molecule has 29 heavy (non-hydrogen) atoms. The van der Waals surface area contributed by atoms with E-state index in [2.05, 4.69) is 9.88 Å². The zero-order valence-corrected chi connectivity index (χ0v) is 17.2. The van der Waals surface area contributed by atoms with E-state index in [1.54, 1.807) is 13.2 Å². The van der Waals surface area contributed by atoms with Crippen LogP contribution in [0.2, 0.25) is 5.15 Å². The molecule has 150 valence electrons. The first kappa shape index (κ1) is 19.5. The number of hydrogen-bond donors (Lipinski definition) is 0. The van der Waals surface area contributed by atoms with Crippen molar-refractivity contribution in [1.29, 1.82) is 0 Å². The molecular weight excluding hydrogens is 415 g/mol. The van der Waals surface area contributed by atoms with Crippen LogP contribution >= 0.6 is 23.2 Å². The van der Waals surface area contributed by atoms with Crippen molar-refractivity contribution in [2.45, 2.75) is 0 Å². The molecule has 0 unspecified atom stereocenters. The van der Waals surface area contributed by atoms with Crippen molar-refractivity contribution < 1.29 is 14.3 Å². The molecule has 9 heteroatoms. The monoisotopic (exact) mass is 432 g/mol. The maximum atomic E-state index is 13.0. The molecule has 1 aromatic carbocycles. The van der Waals surface area contributed by atoms with E-state index in [0.29, 0.717) is 31.9 Å². The van der Waals surface area contributed by atoms with Crippen LogP contribution in [0.5, 0.6) is 5.75 Å². The van der Waals surface area contributed by atoms with Crippen LogP contribution in [0.15, 0.2) is 53.3 Å². The van der Waals surface area contributed by atoms with Crippen LogP contribution in [0.3, 0.4) is 0 Å². The number of piperazine rings is 1. The number of carbonyl (C=O) groups excluding carboxylic acids is 2. The quantitative estimate of drug-likeness (QED) is 0.546. The van der Waals surface area contributed by atoms with Gasteiger partial charge in [-0.25, -0.2) is 9.88 Å². The van der Waals surface area contributed by atoms with Gasteiger partial charge in [0, 0.05) is 38.1 Å². The number of aromatic nitrogens is 1. The summed E-state index contributed by atoms with van der Waals surface area (Å²) in [4.78, 5) is 34.6. The van der Waals surface area contributed by atoms with Crippen LogP contribution in [0, 0.1) is 0 Å². The lowest BCUT2D eigenvalue weighted by Gasteiger charge is -2.37. The van der Waals surface area contributed by atoms with Gasteiger partial charge in [-0.1, -0.05) is 23.2 Å². The summed E-state index contributed by atoms with van der Waals surface area (Å²) in [5.41, 5.74) is 1.66. The Morgan fingerprint density at radius 1 is 0.897 bits per heavy atom. The van der Waals surface area contributed by atoms with Crippen molar-refractivity contribution in [2.24, 2.45) is 0 Å². The number of imide groups is 1. The lowest BCUT2D eigenvalue weighted by molar-refractivity contribution is -0.121. The highest BCUT2D eigenvalue weighted by atomic mass is 35.5. The van der Waals surface area contributed by atoms with Crippen molar-refractivity contribution in [3.8, 4) is 5.75 Å². The Bertz CT molecular complexity index is 985. The van der Waals surface area contributed by atoms with E-state index in [1.807, 2.05) is 29.2 Å². The minimum absolute atomic E-state index is 0.0687. The van der Waals surface area contributed by atoms with Gasteiger partial charge >= 0.3 is 0 Å². The lowest BCUT2D eigenvalue weighted by atomic mass is 10.2. The SMILES string of the molecule is COc1ccc(N2CCN(C3=C(Cl)C(=O)N(c4ccnc(Cl)c4)C3=O)CC2)cc1. The number of carbonyl (C=O) groups is 2. The first-order valence-corrected chi connectivity index (χ1v) is 9.79. The van der Waals surface area contributed by atoms with E-state index < -0.39 is 11.8 Å². The van der Waals surface area contributed by atoms with Crippen molar-refractivity contribution >= 4 is 46.4 Å². The van der Waals surface area contributed by atoms with Crippen molar-refractivity contribution in [2.75, 3.05) is 43.1 Å². The predicted octanol–water partition coefficient (Wildman–Crippen LogP) is 2.89. The summed E-state index contributed by atoms with van der Waals surface area (Å²) in [5.74, 6) is -0.192. The van der Waals surface area contributed by atoms with Crippen molar-refractivity contribution in [3.63, 3.8) is 0 Å². The number of rotatable bonds is 4. The molecular formula is C20H18Cl2N4O3. The van der Waals surface area contributed by atoms with Gasteiger partial charge < -0.3 is 14.5 Å². The van der Waals surface area contributed by atoms with Gasteiger partial charge in [-0.3, -0.25) is 9.59 Å². The van der Waals surface area contributed by atoms with Crippen LogP contribution < -0.4 is 14.5 Å². The molecule has 2 amide bonds. The molecule has 1 fully saturated rings. The van der Waals surface area contributed by atoms with Gasteiger partial charge in [0.2, 0.25) is 0 Å². The third kappa shape index (κ3) is 3.63. The molecule has 1 aromatic heterocycles. The van der Waals surface area contributed by atoms with Gasteiger partial charge in [0.15, 0.2) is 0 Å². The topological polar surface area (TPSA) is 66.0 Å². The van der Waals surface area contributed by atoms with Crippen LogP contribution in [-0.4, -0.2) is 55.0 Å². The second-order valence-electron chi connectivity index (χ2n) is 6.62. The number of nitrogens with zero attached hydrogens (tertiary/aromatic N) is 4. The Balaban J connectivity index is 1.49. The predicted molar refractivity (Wildman–Crippen MR) is 111 cm³/mol. The number of methoxy groups -OCH3 is 1. The standard InChI is InChI=1S/C20H18Cl2N4O3/c1-29-15-4-2-13(3-5-15)24-8-10-25(11-9-24)18-17(22)19(27)26(20(18)28)14-6-7-23-16(21)12-14/h2-7,12H,8-11H2,1H3. The molecule has 3 heterocycles. The highest BCUT2D eigenvalue weighted by molar-refractivity contribution is 6.52. The molecule has 0 N–H and O–H groups in total. The summed E-state index contributed by atoms with van der Waals surface area (Å²) in [6.07, 6.45) is 1.44. The highest BCUT2D eigenvalue weighted by Crippen LogP contribution is 2.32. The number of hydrogen-bond acceptors (Lipinski definition) is 6. The third-order valence-corrected chi connectivity index (χ3v) is 5.55. The minimum Gasteiger partial charge on any atom is -0.497 e. The van der Waals surface area contributed by atoms with Crippen LogP contribution in [0.25, 0.3) is 0 Å². The third-order valence-electron chi connectivity index (χ3n) is 5.01. The molecule has 0 saturated carbocycles. The molecule has 4 rings (SSSR count). The van der Waals surface area contributed by atoms with E-state index in [0.717, 1.165) is 16.3 Å². The van der Waals surface area contributed by atoms with Gasteiger partial charge in [0.1, 0.15) is 21.6 Å². The zero-order chi connectivity index (χ0) is 20.5. The fourth-order valence-electron chi connectivity index (χ4n) is 3.51. The number of ether oxygens (including phenoxy) is 1. The highest BCUT2D eigenvalue weighted by Gasteiger charge is 2.42. The van der Waals surface area contributed by atoms with Gasteiger partial charge in [-0.05, 0) is 36.4 Å². The molecule has 2 aliphatic rings. The maximum absolute atomic E-state index is 13.0. The fourth-order valence-corrected chi connectivity index (χ4v) is 3.97.